The third kappa shape index (κ3) is 2.71. The van der Waals surface area contributed by atoms with Gasteiger partial charge >= 0.3 is 0 Å². The Morgan fingerprint density at radius 3 is 2.78 bits per heavy atom. The van der Waals surface area contributed by atoms with Crippen molar-refractivity contribution in [1.82, 2.24) is 9.78 Å². The molecule has 18 heavy (non-hydrogen) atoms. The third-order valence-electron chi connectivity index (χ3n) is 2.85. The minimum atomic E-state index is -0.00271. The standard InChI is InChI=1S/C12H15Br2N3S/c1-3-17-10(11(14)7(2)16-17)6-9(15)12-8(13)4-5-18-12/h4-5,9H,3,6,15H2,1-2H3. The van der Waals surface area contributed by atoms with Crippen LogP contribution in [0.2, 0.25) is 0 Å². The fourth-order valence-corrected chi connectivity index (χ4v) is 4.05. The van der Waals surface area contributed by atoms with E-state index >= 15 is 0 Å². The minimum Gasteiger partial charge on any atom is -0.323 e. The van der Waals surface area contributed by atoms with Gasteiger partial charge in [0, 0.05) is 28.4 Å². The molecule has 0 aliphatic heterocycles. The van der Waals surface area contributed by atoms with Crippen molar-refractivity contribution >= 4 is 43.2 Å². The van der Waals surface area contributed by atoms with Gasteiger partial charge in [0.25, 0.3) is 0 Å². The van der Waals surface area contributed by atoms with Gasteiger partial charge in [0.05, 0.1) is 15.9 Å². The van der Waals surface area contributed by atoms with Crippen molar-refractivity contribution in [2.24, 2.45) is 5.73 Å². The van der Waals surface area contributed by atoms with E-state index in [1.54, 1.807) is 11.3 Å². The van der Waals surface area contributed by atoms with Crippen LogP contribution < -0.4 is 5.73 Å². The van der Waals surface area contributed by atoms with Gasteiger partial charge in [-0.2, -0.15) is 5.10 Å². The maximum atomic E-state index is 6.29. The van der Waals surface area contributed by atoms with E-state index in [4.69, 9.17) is 5.73 Å². The molecule has 0 amide bonds. The summed E-state index contributed by atoms with van der Waals surface area (Å²) in [5, 5.41) is 6.54. The molecule has 0 saturated heterocycles. The van der Waals surface area contributed by atoms with E-state index in [0.29, 0.717) is 0 Å². The highest BCUT2D eigenvalue weighted by molar-refractivity contribution is 9.10. The lowest BCUT2D eigenvalue weighted by molar-refractivity contribution is 0.588. The Morgan fingerprint density at radius 1 is 1.50 bits per heavy atom. The van der Waals surface area contributed by atoms with Crippen molar-refractivity contribution < 1.29 is 0 Å². The lowest BCUT2D eigenvalue weighted by Gasteiger charge is -2.12. The normalized spacial score (nSPS) is 12.9. The van der Waals surface area contributed by atoms with Gasteiger partial charge in [0.2, 0.25) is 0 Å². The largest absolute Gasteiger partial charge is 0.323 e. The van der Waals surface area contributed by atoms with Gasteiger partial charge in [-0.1, -0.05) is 0 Å². The van der Waals surface area contributed by atoms with E-state index in [0.717, 1.165) is 27.6 Å². The van der Waals surface area contributed by atoms with Crippen molar-refractivity contribution in [3.63, 3.8) is 0 Å². The summed E-state index contributed by atoms with van der Waals surface area (Å²) in [5.74, 6) is 0. The van der Waals surface area contributed by atoms with Crippen LogP contribution in [0.3, 0.4) is 0 Å². The van der Waals surface area contributed by atoms with E-state index in [1.807, 2.05) is 17.7 Å². The summed E-state index contributed by atoms with van der Waals surface area (Å²) >= 11 is 8.83. The number of hydrogen-bond acceptors (Lipinski definition) is 3. The smallest absolute Gasteiger partial charge is 0.0738 e. The quantitative estimate of drug-likeness (QED) is 0.853. The molecule has 6 heteroatoms. The predicted molar refractivity (Wildman–Crippen MR) is 83.0 cm³/mol. The molecule has 98 valence electrons. The second-order valence-corrected chi connectivity index (χ2v) is 6.70. The van der Waals surface area contributed by atoms with Crippen LogP contribution in [0.1, 0.15) is 29.2 Å². The second-order valence-electron chi connectivity index (χ2n) is 4.11. The first-order chi connectivity index (χ1) is 8.54. The average molecular weight is 393 g/mol. The van der Waals surface area contributed by atoms with Crippen LogP contribution in [-0.2, 0) is 13.0 Å². The minimum absolute atomic E-state index is 0.00271. The first-order valence-corrected chi connectivity index (χ1v) is 8.21. The summed E-state index contributed by atoms with van der Waals surface area (Å²) in [6.45, 7) is 4.96. The molecular weight excluding hydrogens is 378 g/mol. The van der Waals surface area contributed by atoms with Crippen molar-refractivity contribution in [2.75, 3.05) is 0 Å². The molecular formula is C12H15Br2N3S. The van der Waals surface area contributed by atoms with E-state index in [1.165, 1.54) is 10.6 Å². The number of rotatable bonds is 4. The number of aromatic nitrogens is 2. The van der Waals surface area contributed by atoms with Gasteiger partial charge in [-0.15, -0.1) is 11.3 Å². The molecule has 0 aliphatic rings. The first kappa shape index (κ1) is 14.2. The summed E-state index contributed by atoms with van der Waals surface area (Å²) < 4.78 is 4.18. The monoisotopic (exact) mass is 391 g/mol. The Bertz CT molecular complexity index is 548. The van der Waals surface area contributed by atoms with E-state index < -0.39 is 0 Å². The highest BCUT2D eigenvalue weighted by atomic mass is 79.9. The molecule has 2 heterocycles. The molecule has 0 aromatic carbocycles. The molecule has 2 aromatic heterocycles. The third-order valence-corrected chi connectivity index (χ3v) is 5.88. The van der Waals surface area contributed by atoms with Gasteiger partial charge in [-0.3, -0.25) is 4.68 Å². The Hall–Kier alpha value is -0.170. The van der Waals surface area contributed by atoms with E-state index in [9.17, 15) is 0 Å². The number of thiophene rings is 1. The topological polar surface area (TPSA) is 43.8 Å². The molecule has 2 aromatic rings. The molecule has 0 aliphatic carbocycles. The highest BCUT2D eigenvalue weighted by Gasteiger charge is 2.18. The van der Waals surface area contributed by atoms with E-state index in [2.05, 4.69) is 49.3 Å². The van der Waals surface area contributed by atoms with Crippen LogP contribution in [-0.4, -0.2) is 9.78 Å². The summed E-state index contributed by atoms with van der Waals surface area (Å²) in [6.07, 6.45) is 0.786. The fourth-order valence-electron chi connectivity index (χ4n) is 1.93. The number of halogens is 2. The summed E-state index contributed by atoms with van der Waals surface area (Å²) in [7, 11) is 0. The van der Waals surface area contributed by atoms with Gasteiger partial charge in [-0.25, -0.2) is 0 Å². The van der Waals surface area contributed by atoms with Gasteiger partial charge in [0.1, 0.15) is 0 Å². The summed E-state index contributed by atoms with van der Waals surface area (Å²) in [4.78, 5) is 1.18. The Balaban J connectivity index is 2.27. The van der Waals surface area contributed by atoms with Gasteiger partial charge in [-0.05, 0) is 57.2 Å². The summed E-state index contributed by atoms with van der Waals surface area (Å²) in [5.41, 5.74) is 8.48. The number of hydrogen-bond donors (Lipinski definition) is 1. The Labute approximate surface area is 128 Å². The van der Waals surface area contributed by atoms with Crippen LogP contribution in [0, 0.1) is 6.92 Å². The van der Waals surface area contributed by atoms with Crippen molar-refractivity contribution in [3.05, 3.63) is 36.7 Å². The molecule has 0 spiro atoms. The Kier molecular flexibility index (Phi) is 4.64. The van der Waals surface area contributed by atoms with Crippen molar-refractivity contribution in [2.45, 2.75) is 32.9 Å². The zero-order chi connectivity index (χ0) is 13.3. The van der Waals surface area contributed by atoms with Gasteiger partial charge in [0.15, 0.2) is 0 Å². The van der Waals surface area contributed by atoms with Crippen LogP contribution in [0.25, 0.3) is 0 Å². The molecule has 1 atom stereocenters. The zero-order valence-electron chi connectivity index (χ0n) is 10.3. The van der Waals surface area contributed by atoms with Crippen LogP contribution >= 0.6 is 43.2 Å². The van der Waals surface area contributed by atoms with Crippen LogP contribution in [0.15, 0.2) is 20.4 Å². The predicted octanol–water partition coefficient (Wildman–Crippen LogP) is 4.04. The van der Waals surface area contributed by atoms with Crippen LogP contribution in [0.5, 0.6) is 0 Å². The highest BCUT2D eigenvalue weighted by Crippen LogP contribution is 2.31. The van der Waals surface area contributed by atoms with Crippen LogP contribution in [0.4, 0.5) is 0 Å². The maximum absolute atomic E-state index is 6.29. The van der Waals surface area contributed by atoms with Crippen molar-refractivity contribution in [1.29, 1.82) is 0 Å². The molecule has 3 nitrogen and oxygen atoms in total. The number of nitrogens with zero attached hydrogens (tertiary/aromatic N) is 2. The molecule has 0 bridgehead atoms. The molecule has 0 saturated carbocycles. The molecule has 1 unspecified atom stereocenters. The maximum Gasteiger partial charge on any atom is 0.0738 e. The molecule has 2 rings (SSSR count). The number of nitrogens with two attached hydrogens (primary N) is 1. The molecule has 2 N–H and O–H groups in total. The lowest BCUT2D eigenvalue weighted by Crippen LogP contribution is -2.15. The Morgan fingerprint density at radius 2 is 2.22 bits per heavy atom. The second kappa shape index (κ2) is 5.86. The molecule has 0 fully saturated rings. The summed E-state index contributed by atoms with van der Waals surface area (Å²) in [6, 6.07) is 2.04. The average Bonchev–Trinajstić information content (AvgIpc) is 2.87. The van der Waals surface area contributed by atoms with E-state index in [-0.39, 0.29) is 6.04 Å². The van der Waals surface area contributed by atoms with Gasteiger partial charge < -0.3 is 5.73 Å². The number of aryl methyl sites for hydroxylation is 2. The SMILES string of the molecule is CCn1nc(C)c(Br)c1CC(N)c1sccc1Br. The first-order valence-electron chi connectivity index (χ1n) is 5.74. The molecule has 0 radical (unpaired) electrons. The lowest BCUT2D eigenvalue weighted by atomic mass is 10.1. The fraction of sp³-hybridized carbons (Fsp3) is 0.417. The van der Waals surface area contributed by atoms with Crippen molar-refractivity contribution in [3.8, 4) is 0 Å². The zero-order valence-corrected chi connectivity index (χ0v) is 14.3.